The summed E-state index contributed by atoms with van der Waals surface area (Å²) in [5, 5.41) is 2.62. The van der Waals surface area contributed by atoms with Crippen LogP contribution in [0.15, 0.2) is 41.3 Å². The number of hydrogen-bond donors (Lipinski definition) is 1. The van der Waals surface area contributed by atoms with Gasteiger partial charge in [0.1, 0.15) is 5.75 Å². The number of methoxy groups -OCH3 is 2. The van der Waals surface area contributed by atoms with Crippen LogP contribution in [0.3, 0.4) is 0 Å². The number of ether oxygens (including phenoxy) is 3. The lowest BCUT2D eigenvalue weighted by Gasteiger charge is -2.19. The number of nitrogens with zero attached hydrogens (tertiary/aromatic N) is 1. The van der Waals surface area contributed by atoms with Gasteiger partial charge in [-0.2, -0.15) is 4.31 Å². The molecule has 0 aliphatic rings. The van der Waals surface area contributed by atoms with Crippen molar-refractivity contribution < 1.29 is 32.2 Å². The van der Waals surface area contributed by atoms with Crippen LogP contribution in [-0.2, 0) is 14.8 Å². The van der Waals surface area contributed by atoms with E-state index in [0.29, 0.717) is 30.2 Å². The predicted molar refractivity (Wildman–Crippen MR) is 120 cm³/mol. The molecule has 9 nitrogen and oxygen atoms in total. The van der Waals surface area contributed by atoms with Crippen molar-refractivity contribution in [1.82, 2.24) is 4.31 Å². The molecule has 0 aromatic heterocycles. The Kier molecular flexibility index (Phi) is 8.62. The van der Waals surface area contributed by atoms with Gasteiger partial charge in [-0.1, -0.05) is 13.8 Å². The van der Waals surface area contributed by atoms with E-state index in [4.69, 9.17) is 14.2 Å². The Balaban J connectivity index is 2.20. The smallest absolute Gasteiger partial charge is 0.262 e. The van der Waals surface area contributed by atoms with Crippen LogP contribution in [0.4, 0.5) is 5.69 Å². The third kappa shape index (κ3) is 5.77. The summed E-state index contributed by atoms with van der Waals surface area (Å²) < 4.78 is 42.9. The van der Waals surface area contributed by atoms with E-state index in [1.165, 1.54) is 49.7 Å². The van der Waals surface area contributed by atoms with Crippen LogP contribution in [-0.4, -0.2) is 58.3 Å². The highest BCUT2D eigenvalue weighted by Crippen LogP contribution is 2.30. The maximum absolute atomic E-state index is 12.8. The van der Waals surface area contributed by atoms with Gasteiger partial charge in [0.15, 0.2) is 23.9 Å². The molecule has 0 fully saturated rings. The Morgan fingerprint density at radius 1 is 0.938 bits per heavy atom. The zero-order chi connectivity index (χ0) is 23.9. The van der Waals surface area contributed by atoms with Crippen LogP contribution in [0, 0.1) is 0 Å². The minimum absolute atomic E-state index is 0.0414. The van der Waals surface area contributed by atoms with Crippen LogP contribution in [0.2, 0.25) is 0 Å². The van der Waals surface area contributed by atoms with Crippen molar-refractivity contribution >= 4 is 27.4 Å². The van der Waals surface area contributed by atoms with E-state index in [-0.39, 0.29) is 28.7 Å². The van der Waals surface area contributed by atoms with E-state index < -0.39 is 15.9 Å². The zero-order valence-corrected chi connectivity index (χ0v) is 19.6. The molecule has 0 radical (unpaired) electrons. The summed E-state index contributed by atoms with van der Waals surface area (Å²) in [6, 6.07) is 8.91. The third-order valence-corrected chi connectivity index (χ3v) is 6.76. The summed E-state index contributed by atoms with van der Waals surface area (Å²) in [6.07, 6.45) is 0. The van der Waals surface area contributed by atoms with Crippen LogP contribution in [0.25, 0.3) is 0 Å². The van der Waals surface area contributed by atoms with E-state index in [1.807, 2.05) is 0 Å². The van der Waals surface area contributed by atoms with Crippen LogP contribution in [0.1, 0.15) is 31.1 Å². The standard InChI is InChI=1S/C22H28N2O7S/c1-6-24(7-2)32(27,28)17-9-11-19(29-4)18(13-17)23-22(26)14-31-20-10-8-16(15(3)25)12-21(20)30-5/h8-13H,6-7,14H2,1-5H3,(H,23,26). The van der Waals surface area contributed by atoms with E-state index in [1.54, 1.807) is 26.0 Å². The Morgan fingerprint density at radius 2 is 1.56 bits per heavy atom. The summed E-state index contributed by atoms with van der Waals surface area (Å²) in [6.45, 7) is 5.22. The van der Waals surface area contributed by atoms with Crippen LogP contribution in [0.5, 0.6) is 17.2 Å². The number of carbonyl (C=O) groups excluding carboxylic acids is 2. The highest BCUT2D eigenvalue weighted by atomic mass is 32.2. The van der Waals surface area contributed by atoms with Gasteiger partial charge in [0.2, 0.25) is 10.0 Å². The van der Waals surface area contributed by atoms with Crippen LogP contribution < -0.4 is 19.5 Å². The van der Waals surface area contributed by atoms with Crippen molar-refractivity contribution in [3.63, 3.8) is 0 Å². The second kappa shape index (κ2) is 11.0. The van der Waals surface area contributed by atoms with E-state index in [9.17, 15) is 18.0 Å². The quantitative estimate of drug-likeness (QED) is 0.509. The van der Waals surface area contributed by atoms with Gasteiger partial charge in [-0.25, -0.2) is 8.42 Å². The molecule has 1 amide bonds. The molecule has 174 valence electrons. The molecule has 0 bridgehead atoms. The second-order valence-corrected chi connectivity index (χ2v) is 8.65. The molecular formula is C22H28N2O7S. The molecule has 0 unspecified atom stereocenters. The lowest BCUT2D eigenvalue weighted by molar-refractivity contribution is -0.118. The van der Waals surface area contributed by atoms with Gasteiger partial charge >= 0.3 is 0 Å². The molecule has 0 atom stereocenters. The van der Waals surface area contributed by atoms with Gasteiger partial charge in [0.05, 0.1) is 24.8 Å². The van der Waals surface area contributed by atoms with E-state index in [0.717, 1.165) is 0 Å². The lowest BCUT2D eigenvalue weighted by atomic mass is 10.1. The van der Waals surface area contributed by atoms with Gasteiger partial charge in [-0.15, -0.1) is 0 Å². The number of carbonyl (C=O) groups is 2. The number of sulfonamides is 1. The molecule has 10 heteroatoms. The summed E-state index contributed by atoms with van der Waals surface area (Å²) in [5.41, 5.74) is 0.655. The first-order valence-electron chi connectivity index (χ1n) is 9.97. The summed E-state index contributed by atoms with van der Waals surface area (Å²) in [7, 11) is -0.861. The number of benzene rings is 2. The normalized spacial score (nSPS) is 11.2. The monoisotopic (exact) mass is 464 g/mol. The first-order chi connectivity index (χ1) is 15.2. The number of Topliss-reactive ketones (excluding diaryl/α,β-unsaturated/α-hetero) is 1. The molecule has 2 aromatic rings. The average molecular weight is 465 g/mol. The fraction of sp³-hybridized carbons (Fsp3) is 0.364. The minimum atomic E-state index is -3.71. The molecule has 0 spiro atoms. The number of rotatable bonds is 11. The molecule has 0 heterocycles. The SMILES string of the molecule is CCN(CC)S(=O)(=O)c1ccc(OC)c(NC(=O)COc2ccc(C(C)=O)cc2OC)c1. The topological polar surface area (TPSA) is 111 Å². The summed E-state index contributed by atoms with van der Waals surface area (Å²) in [4.78, 5) is 24.0. The molecule has 2 aromatic carbocycles. The molecule has 32 heavy (non-hydrogen) atoms. The Morgan fingerprint density at radius 3 is 2.12 bits per heavy atom. The minimum Gasteiger partial charge on any atom is -0.495 e. The first-order valence-corrected chi connectivity index (χ1v) is 11.4. The van der Waals surface area contributed by atoms with E-state index >= 15 is 0 Å². The van der Waals surface area contributed by atoms with Gasteiger partial charge in [-0.05, 0) is 43.3 Å². The highest BCUT2D eigenvalue weighted by molar-refractivity contribution is 7.89. The maximum Gasteiger partial charge on any atom is 0.262 e. The lowest BCUT2D eigenvalue weighted by Crippen LogP contribution is -2.30. The molecular weight excluding hydrogens is 436 g/mol. The Bertz CT molecular complexity index is 1080. The van der Waals surface area contributed by atoms with Crippen molar-refractivity contribution in [2.75, 3.05) is 39.2 Å². The Hall–Kier alpha value is -3.11. The molecule has 2 rings (SSSR count). The number of nitrogens with one attached hydrogen (secondary N) is 1. The number of hydrogen-bond acceptors (Lipinski definition) is 7. The molecule has 0 aliphatic heterocycles. The van der Waals surface area contributed by atoms with E-state index in [2.05, 4.69) is 5.32 Å². The summed E-state index contributed by atoms with van der Waals surface area (Å²) in [5.74, 6) is 0.255. The largest absolute Gasteiger partial charge is 0.495 e. The number of ketones is 1. The zero-order valence-electron chi connectivity index (χ0n) is 18.8. The fourth-order valence-corrected chi connectivity index (χ4v) is 4.48. The van der Waals surface area contributed by atoms with Gasteiger partial charge in [0, 0.05) is 18.7 Å². The molecule has 1 N–H and O–H groups in total. The number of anilines is 1. The molecule has 0 saturated carbocycles. The van der Waals surface area contributed by atoms with Gasteiger partial charge < -0.3 is 19.5 Å². The predicted octanol–water partition coefficient (Wildman–Crippen LogP) is 2.95. The van der Waals surface area contributed by atoms with Crippen molar-refractivity contribution in [2.24, 2.45) is 0 Å². The van der Waals surface area contributed by atoms with Crippen molar-refractivity contribution in [1.29, 1.82) is 0 Å². The third-order valence-electron chi connectivity index (χ3n) is 4.72. The molecule has 0 aliphatic carbocycles. The highest BCUT2D eigenvalue weighted by Gasteiger charge is 2.23. The van der Waals surface area contributed by atoms with Gasteiger partial charge in [-0.3, -0.25) is 9.59 Å². The van der Waals surface area contributed by atoms with Crippen molar-refractivity contribution in [2.45, 2.75) is 25.7 Å². The maximum atomic E-state index is 12.8. The van der Waals surface area contributed by atoms with Gasteiger partial charge in [0.25, 0.3) is 5.91 Å². The Labute approximate surface area is 188 Å². The average Bonchev–Trinajstić information content (AvgIpc) is 2.78. The van der Waals surface area contributed by atoms with Crippen LogP contribution >= 0.6 is 0 Å². The second-order valence-electron chi connectivity index (χ2n) is 6.71. The first kappa shape index (κ1) is 25.2. The van der Waals surface area contributed by atoms with Crippen molar-refractivity contribution in [3.05, 3.63) is 42.0 Å². The molecule has 0 saturated heterocycles. The summed E-state index contributed by atoms with van der Waals surface area (Å²) >= 11 is 0. The fourth-order valence-electron chi connectivity index (χ4n) is 2.99. The van der Waals surface area contributed by atoms with Crippen molar-refractivity contribution in [3.8, 4) is 17.2 Å². The number of amides is 1.